The quantitative estimate of drug-likeness (QED) is 0.564. The highest BCUT2D eigenvalue weighted by Gasteiger charge is -0.114. The Bertz CT molecular complexity index is 6.85. The number of halogens is 4. The van der Waals surface area contributed by atoms with Gasteiger partial charge < -0.3 is 6.15 Å². The first-order chi connectivity index (χ1) is 0. The van der Waals surface area contributed by atoms with Crippen LogP contribution in [0, 0.1) is 0 Å². The van der Waals surface area contributed by atoms with Crippen LogP contribution in [0.15, 0.2) is 0 Å². The number of hydrogen-bond acceptors (Lipinski definition) is 1. The fourth-order valence-electron chi connectivity index (χ4n) is 0. The van der Waals surface area contributed by atoms with Crippen molar-refractivity contribution in [3.8, 4) is 0 Å². The van der Waals surface area contributed by atoms with Crippen LogP contribution in [0.4, 0.5) is 14.1 Å². The van der Waals surface area contributed by atoms with E-state index in [1.54, 1.807) is 0 Å². The Kier molecular flexibility index (Phi) is 295000. The van der Waals surface area contributed by atoms with E-state index in [-0.39, 0.29) is 37.2 Å². The predicted octanol–water partition coefficient (Wildman–Crippen LogP) is 1.20. The van der Waals surface area contributed by atoms with E-state index < -0.39 is 0 Å². The van der Waals surface area contributed by atoms with Gasteiger partial charge in [0.2, 0.25) is 0 Å². The van der Waals surface area contributed by atoms with E-state index in [4.69, 9.17) is 0 Å². The zero-order valence-corrected chi connectivity index (χ0v) is 4.05. The standard InChI is InChI=1S/BrH.3FH.H3N/h4*1H;1H3. The molecule has 0 heterocycles. The molecule has 0 saturated heterocycles. The fourth-order valence-corrected chi connectivity index (χ4v) is 0. The first-order valence-electron chi connectivity index (χ1n) is 0. The van der Waals surface area contributed by atoms with Crippen LogP contribution in [0.5, 0.6) is 0 Å². The topological polar surface area (TPSA) is 35.0 Å². The van der Waals surface area contributed by atoms with Crippen LogP contribution in [0.2, 0.25) is 0 Å². The minimum Gasteiger partial charge on any atom is -0.344 e. The molecule has 0 aromatic rings. The first-order valence-corrected chi connectivity index (χ1v) is 0. The average Bonchev–Trinajstić information content (AvgIpc) is 0. The lowest BCUT2D eigenvalue weighted by Gasteiger charge is -0.344. The largest absolute Gasteiger partial charge is 0.344 e. The Morgan fingerprint density at radius 3 is 0.600 bits per heavy atom. The Hall–Kier alpha value is 0.230. The van der Waals surface area contributed by atoms with E-state index in [0.29, 0.717) is 0 Å². The summed E-state index contributed by atoms with van der Waals surface area (Å²) in [7, 11) is 0. The summed E-state index contributed by atoms with van der Waals surface area (Å²) in [5.74, 6) is 0. The maximum absolute atomic E-state index is 0. The van der Waals surface area contributed by atoms with Crippen molar-refractivity contribution < 1.29 is 14.1 Å². The van der Waals surface area contributed by atoms with E-state index in [0.717, 1.165) is 0 Å². The summed E-state index contributed by atoms with van der Waals surface area (Å²) >= 11 is 0. The van der Waals surface area contributed by atoms with Gasteiger partial charge in [0.25, 0.3) is 0 Å². The molecule has 1 nitrogen and oxygen atoms in total. The molecule has 5 heteroatoms. The molecule has 0 aromatic carbocycles. The normalized spacial score (nSPS) is 0. The molecule has 0 atom stereocenters. The molecule has 0 aliphatic carbocycles. The number of rotatable bonds is 0. The van der Waals surface area contributed by atoms with E-state index in [1.165, 1.54) is 0 Å². The molecule has 0 aliphatic rings. The van der Waals surface area contributed by atoms with Gasteiger partial charge in [-0.15, -0.1) is 17.0 Å². The fraction of sp³-hybridized carbons (Fsp3) is 0. The molecule has 0 fully saturated rings. The van der Waals surface area contributed by atoms with Crippen LogP contribution in [-0.2, 0) is 0 Å². The van der Waals surface area contributed by atoms with Crippen LogP contribution in [0.3, 0.4) is 0 Å². The molecule has 0 aliphatic heterocycles. The summed E-state index contributed by atoms with van der Waals surface area (Å²) in [5, 5.41) is 0. The lowest BCUT2D eigenvalue weighted by atomic mass is 14.0. The third kappa shape index (κ3) is 398. The van der Waals surface area contributed by atoms with E-state index in [9.17, 15) is 0 Å². The molecule has 0 bridgehead atoms. The van der Waals surface area contributed by atoms with Crippen molar-refractivity contribution >= 4 is 17.0 Å². The average molecular weight is 158 g/mol. The van der Waals surface area contributed by atoms with Gasteiger partial charge in [-0.1, -0.05) is 0 Å². The van der Waals surface area contributed by atoms with Crippen LogP contribution in [0.1, 0.15) is 0 Å². The third-order valence-corrected chi connectivity index (χ3v) is 0. The lowest BCUT2D eigenvalue weighted by molar-refractivity contribution is 1.11. The maximum atomic E-state index is 0. The highest BCUT2D eigenvalue weighted by Crippen LogP contribution is 0.846. The van der Waals surface area contributed by atoms with Gasteiger partial charge >= 0.3 is 0 Å². The number of hydrogen-bond donors (Lipinski definition) is 1. The van der Waals surface area contributed by atoms with Gasteiger partial charge in [0, 0.05) is 0 Å². The van der Waals surface area contributed by atoms with Crippen molar-refractivity contribution in [2.75, 3.05) is 0 Å². The molecule has 0 aromatic heterocycles. The van der Waals surface area contributed by atoms with Crippen molar-refractivity contribution in [2.45, 2.75) is 0 Å². The molecular formula is H7BrF3N. The van der Waals surface area contributed by atoms with Gasteiger partial charge in [-0.25, -0.2) is 0 Å². The minimum absolute atomic E-state index is 0. The smallest absolute Gasteiger partial charge is 0.114 e. The van der Waals surface area contributed by atoms with Crippen LogP contribution < -0.4 is 6.15 Å². The second kappa shape index (κ2) is 834. The third-order valence-electron chi connectivity index (χ3n) is 0. The van der Waals surface area contributed by atoms with Crippen LogP contribution in [0.25, 0.3) is 0 Å². The molecule has 5 heavy (non-hydrogen) atoms. The second-order valence-corrected chi connectivity index (χ2v) is 0. The zero-order valence-electron chi connectivity index (χ0n) is 2.34. The SMILES string of the molecule is Br.F.F.F.N. The Morgan fingerprint density at radius 1 is 0.600 bits per heavy atom. The van der Waals surface area contributed by atoms with Crippen molar-refractivity contribution in [3.63, 3.8) is 0 Å². The first kappa shape index (κ1) is 1770. The van der Waals surface area contributed by atoms with Crippen LogP contribution >= 0.6 is 17.0 Å². The van der Waals surface area contributed by atoms with Crippen molar-refractivity contribution in [1.29, 1.82) is 0 Å². The van der Waals surface area contributed by atoms with E-state index in [2.05, 4.69) is 0 Å². The zero-order chi connectivity index (χ0) is 0. The maximum Gasteiger partial charge on any atom is -0.114 e. The molecule has 0 saturated carbocycles. The van der Waals surface area contributed by atoms with Crippen molar-refractivity contribution in [1.82, 2.24) is 6.15 Å². The molecule has 3 N–H and O–H groups in total. The summed E-state index contributed by atoms with van der Waals surface area (Å²) in [6, 6.07) is 0. The van der Waals surface area contributed by atoms with Gasteiger partial charge in [-0.2, -0.15) is 0 Å². The van der Waals surface area contributed by atoms with E-state index in [1.807, 2.05) is 0 Å². The summed E-state index contributed by atoms with van der Waals surface area (Å²) in [4.78, 5) is 0. The van der Waals surface area contributed by atoms with Crippen LogP contribution in [-0.4, -0.2) is 0 Å². The van der Waals surface area contributed by atoms with Gasteiger partial charge in [0.15, 0.2) is 0 Å². The second-order valence-electron chi connectivity index (χ2n) is 0. The molecule has 0 spiro atoms. The molecular weight excluding hydrogens is 151 g/mol. The van der Waals surface area contributed by atoms with E-state index >= 15 is 0 Å². The Labute approximate surface area is 38.2 Å². The lowest BCUT2D eigenvalue weighted by Crippen LogP contribution is -0.481. The highest BCUT2D eigenvalue weighted by molar-refractivity contribution is 8.93. The molecule has 0 unspecified atom stereocenters. The van der Waals surface area contributed by atoms with Gasteiger partial charge in [0.1, 0.15) is 0 Å². The molecule has 40 valence electrons. The highest BCUT2D eigenvalue weighted by atomic mass is 79.9. The monoisotopic (exact) mass is 157 g/mol. The molecule has 0 rings (SSSR count). The minimum atomic E-state index is 0. The summed E-state index contributed by atoms with van der Waals surface area (Å²) in [6.07, 6.45) is 0. The summed E-state index contributed by atoms with van der Waals surface area (Å²) in [5.41, 5.74) is 0. The van der Waals surface area contributed by atoms with Gasteiger partial charge in [0.05, 0.1) is 0 Å². The summed E-state index contributed by atoms with van der Waals surface area (Å²) < 4.78 is 0. The summed E-state index contributed by atoms with van der Waals surface area (Å²) in [6.45, 7) is 0. The molecule has 0 radical (unpaired) electrons. The Balaban J connectivity index is 0. The molecule has 0 amide bonds. The van der Waals surface area contributed by atoms with Crippen molar-refractivity contribution in [2.24, 2.45) is 0 Å². The van der Waals surface area contributed by atoms with Crippen molar-refractivity contribution in [3.05, 3.63) is 0 Å². The predicted molar refractivity (Wildman–Crippen MR) is 22.9 cm³/mol. The van der Waals surface area contributed by atoms with Gasteiger partial charge in [-0.3, -0.25) is 14.1 Å². The Morgan fingerprint density at radius 2 is 0.600 bits per heavy atom. The van der Waals surface area contributed by atoms with Gasteiger partial charge in [-0.05, 0) is 0 Å².